The van der Waals surface area contributed by atoms with Crippen LogP contribution < -0.4 is 10.6 Å². The van der Waals surface area contributed by atoms with Crippen molar-refractivity contribution in [3.05, 3.63) is 0 Å². The number of carbonyl (C=O) groups is 2. The average Bonchev–Trinajstić information content (AvgIpc) is 3.27. The summed E-state index contributed by atoms with van der Waals surface area (Å²) in [7, 11) is 0. The lowest BCUT2D eigenvalue weighted by molar-refractivity contribution is -0.133. The van der Waals surface area contributed by atoms with E-state index in [0.717, 1.165) is 0 Å². The van der Waals surface area contributed by atoms with Gasteiger partial charge in [-0.3, -0.25) is 24.6 Å². The molecule has 2 aliphatic heterocycles. The molecule has 1 aliphatic carbocycles. The van der Waals surface area contributed by atoms with Crippen molar-refractivity contribution < 1.29 is 30.0 Å². The van der Waals surface area contributed by atoms with Gasteiger partial charge in [-0.1, -0.05) is 6.92 Å². The number of aliphatic hydroxyl groups excluding tert-OH is 4. The molecule has 32 heavy (non-hydrogen) atoms. The molecule has 8 atom stereocenters. The van der Waals surface area contributed by atoms with E-state index in [0.29, 0.717) is 25.1 Å². The van der Waals surface area contributed by atoms with Crippen molar-refractivity contribution in [3.8, 4) is 0 Å². The fraction of sp³-hybridized carbons (Fsp3) is 0.762. The summed E-state index contributed by atoms with van der Waals surface area (Å²) in [6, 6.07) is -1.08. The second kappa shape index (κ2) is 11.1. The Kier molecular flexibility index (Phi) is 8.46. The highest BCUT2D eigenvalue weighted by Gasteiger charge is 2.47. The minimum absolute atomic E-state index is 0.0484. The molecule has 0 aromatic carbocycles. The summed E-state index contributed by atoms with van der Waals surface area (Å²) < 4.78 is 0. The Balaban J connectivity index is 1.72. The second-order valence-electron chi connectivity index (χ2n) is 8.65. The molecule has 0 saturated heterocycles. The number of fused-ring (bicyclic) bond motifs is 1. The van der Waals surface area contributed by atoms with Crippen LogP contribution in [-0.2, 0) is 9.59 Å². The Labute approximate surface area is 186 Å². The summed E-state index contributed by atoms with van der Waals surface area (Å²) in [5, 5.41) is 47.0. The number of aliphatic imine (C=N–C) groups is 3. The minimum atomic E-state index is -1.33. The van der Waals surface area contributed by atoms with Gasteiger partial charge < -0.3 is 31.1 Å². The van der Waals surface area contributed by atoms with E-state index in [1.165, 1.54) is 6.34 Å². The van der Waals surface area contributed by atoms with Crippen LogP contribution in [-0.4, -0.2) is 100 Å². The average molecular weight is 452 g/mol. The first kappa shape index (κ1) is 24.4. The molecule has 11 nitrogen and oxygen atoms in total. The van der Waals surface area contributed by atoms with Crippen LogP contribution in [0.1, 0.15) is 39.0 Å². The molecule has 0 bridgehead atoms. The van der Waals surface area contributed by atoms with Gasteiger partial charge in [0.2, 0.25) is 5.91 Å². The maximum absolute atomic E-state index is 12.4. The lowest BCUT2D eigenvalue weighted by atomic mass is 9.69. The number of hydrogen-bond donors (Lipinski definition) is 6. The predicted octanol–water partition coefficient (Wildman–Crippen LogP) is -1.82. The summed E-state index contributed by atoms with van der Waals surface area (Å²) in [4.78, 5) is 37.3. The van der Waals surface area contributed by atoms with Crippen molar-refractivity contribution >= 4 is 30.1 Å². The molecule has 0 spiro atoms. The summed E-state index contributed by atoms with van der Waals surface area (Å²) in [6.07, 6.45) is 1.23. The summed E-state index contributed by atoms with van der Waals surface area (Å²) in [5.41, 5.74) is 0. The molecule has 6 N–H and O–H groups in total. The Morgan fingerprint density at radius 3 is 2.81 bits per heavy atom. The fourth-order valence-electron chi connectivity index (χ4n) is 4.64. The van der Waals surface area contributed by atoms with E-state index in [1.807, 2.05) is 6.92 Å². The maximum Gasteiger partial charge on any atom is 0.220 e. The molecule has 1 fully saturated rings. The number of amides is 1. The van der Waals surface area contributed by atoms with Gasteiger partial charge in [0.1, 0.15) is 18.0 Å². The molecular weight excluding hydrogens is 418 g/mol. The topological polar surface area (TPSA) is 176 Å². The number of hydrogen-bond acceptors (Lipinski definition) is 9. The maximum atomic E-state index is 12.4. The molecule has 8 unspecified atom stereocenters. The zero-order valence-corrected chi connectivity index (χ0v) is 18.2. The van der Waals surface area contributed by atoms with Gasteiger partial charge in [-0.15, -0.1) is 0 Å². The van der Waals surface area contributed by atoms with Gasteiger partial charge in [0.15, 0.2) is 5.78 Å². The van der Waals surface area contributed by atoms with Crippen molar-refractivity contribution in [2.24, 2.45) is 26.8 Å². The highest BCUT2D eigenvalue weighted by molar-refractivity contribution is 6.00. The van der Waals surface area contributed by atoms with E-state index in [1.54, 1.807) is 6.21 Å². The van der Waals surface area contributed by atoms with Crippen LogP contribution in [0, 0.1) is 11.8 Å². The first-order valence-electron chi connectivity index (χ1n) is 11.2. The minimum Gasteiger partial charge on any atom is -0.394 e. The third kappa shape index (κ3) is 5.58. The quantitative estimate of drug-likeness (QED) is 0.239. The van der Waals surface area contributed by atoms with Gasteiger partial charge in [-0.05, 0) is 24.7 Å². The number of aliphatic hydroxyl groups is 4. The number of nitrogens with one attached hydrogen (secondary N) is 2. The van der Waals surface area contributed by atoms with Crippen molar-refractivity contribution in [3.63, 3.8) is 0 Å². The van der Waals surface area contributed by atoms with E-state index in [4.69, 9.17) is 0 Å². The van der Waals surface area contributed by atoms with Gasteiger partial charge in [0.05, 0.1) is 43.8 Å². The zero-order valence-electron chi connectivity index (χ0n) is 18.2. The predicted molar refractivity (Wildman–Crippen MR) is 118 cm³/mol. The molecule has 0 aromatic rings. The van der Waals surface area contributed by atoms with Crippen LogP contribution in [0.25, 0.3) is 0 Å². The van der Waals surface area contributed by atoms with Crippen LogP contribution in [0.3, 0.4) is 0 Å². The first-order chi connectivity index (χ1) is 15.3. The molecule has 3 rings (SSSR count). The first-order valence-corrected chi connectivity index (χ1v) is 11.2. The van der Waals surface area contributed by atoms with Gasteiger partial charge in [0.25, 0.3) is 0 Å². The van der Waals surface area contributed by atoms with E-state index in [-0.39, 0.29) is 43.2 Å². The lowest BCUT2D eigenvalue weighted by Gasteiger charge is -2.43. The smallest absolute Gasteiger partial charge is 0.220 e. The summed E-state index contributed by atoms with van der Waals surface area (Å²) in [5.74, 6) is -1.47. The molecule has 178 valence electrons. The van der Waals surface area contributed by atoms with Crippen molar-refractivity contribution in [2.75, 3.05) is 13.2 Å². The van der Waals surface area contributed by atoms with Crippen molar-refractivity contribution in [1.82, 2.24) is 10.6 Å². The van der Waals surface area contributed by atoms with E-state index < -0.39 is 42.8 Å². The highest BCUT2D eigenvalue weighted by Crippen LogP contribution is 2.37. The van der Waals surface area contributed by atoms with Crippen LogP contribution in [0.2, 0.25) is 0 Å². The summed E-state index contributed by atoms with van der Waals surface area (Å²) in [6.45, 7) is 1.13. The van der Waals surface area contributed by atoms with Gasteiger partial charge >= 0.3 is 0 Å². The van der Waals surface area contributed by atoms with Gasteiger partial charge in [-0.25, -0.2) is 0 Å². The molecule has 3 aliphatic rings. The highest BCUT2D eigenvalue weighted by atomic mass is 16.3. The third-order valence-electron chi connectivity index (χ3n) is 6.39. The monoisotopic (exact) mass is 451 g/mol. The van der Waals surface area contributed by atoms with E-state index in [9.17, 15) is 30.0 Å². The second-order valence-corrected chi connectivity index (χ2v) is 8.65. The van der Waals surface area contributed by atoms with Gasteiger partial charge in [0, 0.05) is 25.5 Å². The Bertz CT molecular complexity index is 772. The standard InChI is InChI=1S/C21H33N5O6/c1-2-3-17(30)23-8-11(28)6-13-12(16(29)9-27)7-15(20(32)19(13)31)26-21-18-14(4-5-22-18)24-10-25-21/h5,10,12-16,18-20,27,29,31-32H,2-4,6-9H2,1H3,(H,23,30)(H,24,25,26). The van der Waals surface area contributed by atoms with E-state index in [2.05, 4.69) is 25.6 Å². The SMILES string of the molecule is CCCC(=O)NCC(=O)CC1C(O)C(O)C(N=C2NC=NC3CC=NC23)CC1C(O)CO. The molecule has 0 radical (unpaired) electrons. The number of Topliss-reactive ketones (excluding diaryl/α,β-unsaturated/α-hetero) is 1. The Hall–Kier alpha value is -2.21. The Morgan fingerprint density at radius 1 is 1.31 bits per heavy atom. The number of amidine groups is 1. The molecule has 1 saturated carbocycles. The lowest BCUT2D eigenvalue weighted by Crippen LogP contribution is -2.55. The van der Waals surface area contributed by atoms with Gasteiger partial charge in [-0.2, -0.15) is 0 Å². The van der Waals surface area contributed by atoms with Crippen LogP contribution in [0.4, 0.5) is 0 Å². The third-order valence-corrected chi connectivity index (χ3v) is 6.39. The number of carbonyl (C=O) groups excluding carboxylic acids is 2. The zero-order chi connectivity index (χ0) is 23.3. The summed E-state index contributed by atoms with van der Waals surface area (Å²) >= 11 is 0. The normalized spacial score (nSPS) is 35.9. The number of rotatable bonds is 9. The largest absolute Gasteiger partial charge is 0.394 e. The van der Waals surface area contributed by atoms with Crippen molar-refractivity contribution in [2.45, 2.75) is 75.5 Å². The van der Waals surface area contributed by atoms with Crippen LogP contribution in [0.15, 0.2) is 15.0 Å². The van der Waals surface area contributed by atoms with Crippen LogP contribution >= 0.6 is 0 Å². The van der Waals surface area contributed by atoms with Crippen molar-refractivity contribution in [1.29, 1.82) is 0 Å². The van der Waals surface area contributed by atoms with Crippen LogP contribution in [0.5, 0.6) is 0 Å². The number of ketones is 1. The molecule has 2 heterocycles. The molecule has 11 heteroatoms. The number of nitrogens with zero attached hydrogens (tertiary/aromatic N) is 3. The molecule has 1 amide bonds. The Morgan fingerprint density at radius 2 is 2.09 bits per heavy atom. The molecule has 0 aromatic heterocycles. The fourth-order valence-corrected chi connectivity index (χ4v) is 4.64. The molecular formula is C21H33N5O6. The van der Waals surface area contributed by atoms with E-state index >= 15 is 0 Å².